The fraction of sp³-hybridized carbons (Fsp3) is 0.400. The quantitative estimate of drug-likeness (QED) is 0.784. The van der Waals surface area contributed by atoms with E-state index in [9.17, 15) is 9.59 Å². The highest BCUT2D eigenvalue weighted by molar-refractivity contribution is 6.63. The van der Waals surface area contributed by atoms with Gasteiger partial charge in [-0.15, -0.1) is 0 Å². The lowest BCUT2D eigenvalue weighted by Gasteiger charge is -2.00. The first-order valence-electron chi connectivity index (χ1n) is 7.09. The van der Waals surface area contributed by atoms with Crippen LogP contribution in [0.2, 0.25) is 5.02 Å². The predicted octanol–water partition coefficient (Wildman–Crippen LogP) is 4.51. The third-order valence-corrected chi connectivity index (χ3v) is 3.13. The smallest absolute Gasteiger partial charge is 0.225 e. The van der Waals surface area contributed by atoms with Gasteiger partial charge in [0.05, 0.1) is 5.52 Å². The van der Waals surface area contributed by atoms with E-state index in [-0.39, 0.29) is 11.1 Å². The van der Waals surface area contributed by atoms with Crippen LogP contribution < -0.4 is 5.32 Å². The zero-order chi connectivity index (χ0) is 16.5. The molecule has 1 amide bonds. The van der Waals surface area contributed by atoms with E-state index in [1.54, 1.807) is 12.1 Å². The van der Waals surface area contributed by atoms with Crippen LogP contribution in [-0.2, 0) is 9.59 Å². The molecule has 0 aliphatic carbocycles. The summed E-state index contributed by atoms with van der Waals surface area (Å²) in [5.41, 5.74) is 0.819. The fourth-order valence-electron chi connectivity index (χ4n) is 1.71. The fourth-order valence-corrected chi connectivity index (χ4v) is 2.07. The molecule has 2 rings (SSSR count). The number of H-pyrrole nitrogens is 1. The Labute approximate surface area is 139 Å². The number of rotatable bonds is 5. The van der Waals surface area contributed by atoms with E-state index in [0.717, 1.165) is 23.7 Å². The van der Waals surface area contributed by atoms with E-state index >= 15 is 0 Å². The maximum atomic E-state index is 11.4. The van der Waals surface area contributed by atoms with Gasteiger partial charge in [-0.3, -0.25) is 14.7 Å². The summed E-state index contributed by atoms with van der Waals surface area (Å²) in [4.78, 5) is 21.2. The monoisotopic (exact) mass is 343 g/mol. The molecule has 0 fully saturated rings. The number of benzene rings is 1. The van der Waals surface area contributed by atoms with E-state index in [1.165, 1.54) is 0 Å². The Morgan fingerprint density at radius 1 is 1.23 bits per heavy atom. The van der Waals surface area contributed by atoms with Crippen LogP contribution in [0.1, 0.15) is 39.5 Å². The summed E-state index contributed by atoms with van der Waals surface area (Å²) in [6.45, 7) is 3.88. The number of nitrogens with zero attached hydrogens (tertiary/aromatic N) is 1. The first kappa shape index (κ1) is 18.5. The first-order chi connectivity index (χ1) is 10.5. The number of carbonyl (C=O) groups excluding carboxylic acids is 2. The number of halogens is 2. The minimum absolute atomic E-state index is 0.0224. The van der Waals surface area contributed by atoms with Crippen LogP contribution in [-0.4, -0.2) is 21.3 Å². The van der Waals surface area contributed by atoms with Gasteiger partial charge in [0.15, 0.2) is 5.82 Å². The number of hydrogen-bond acceptors (Lipinski definition) is 3. The van der Waals surface area contributed by atoms with Gasteiger partial charge in [-0.05, 0) is 42.6 Å². The number of anilines is 1. The molecule has 0 saturated heterocycles. The zero-order valence-electron chi connectivity index (χ0n) is 12.6. The van der Waals surface area contributed by atoms with Crippen LogP contribution in [0.3, 0.4) is 0 Å². The number of aromatic nitrogens is 2. The molecule has 0 spiro atoms. The van der Waals surface area contributed by atoms with Crippen LogP contribution in [0.25, 0.3) is 10.9 Å². The van der Waals surface area contributed by atoms with Gasteiger partial charge in [-0.1, -0.05) is 25.4 Å². The van der Waals surface area contributed by atoms with Gasteiger partial charge in [-0.2, -0.15) is 5.10 Å². The predicted molar refractivity (Wildman–Crippen MR) is 90.4 cm³/mol. The molecule has 1 aromatic carbocycles. The van der Waals surface area contributed by atoms with Gasteiger partial charge in [0, 0.05) is 23.3 Å². The zero-order valence-corrected chi connectivity index (χ0v) is 14.1. The second-order valence-corrected chi connectivity index (χ2v) is 5.52. The van der Waals surface area contributed by atoms with E-state index in [0.29, 0.717) is 23.7 Å². The van der Waals surface area contributed by atoms with Crippen molar-refractivity contribution in [2.24, 2.45) is 0 Å². The van der Waals surface area contributed by atoms with Crippen molar-refractivity contribution in [3.63, 3.8) is 0 Å². The van der Waals surface area contributed by atoms with E-state index in [1.807, 2.05) is 19.9 Å². The van der Waals surface area contributed by atoms with Gasteiger partial charge in [0.2, 0.25) is 11.1 Å². The first-order valence-corrected chi connectivity index (χ1v) is 7.85. The van der Waals surface area contributed by atoms with Crippen LogP contribution in [0.15, 0.2) is 18.2 Å². The van der Waals surface area contributed by atoms with Crippen molar-refractivity contribution in [1.29, 1.82) is 0 Å². The summed E-state index contributed by atoms with van der Waals surface area (Å²) >= 11 is 10.8. The molecule has 0 aliphatic rings. The van der Waals surface area contributed by atoms with Crippen LogP contribution in [0.4, 0.5) is 5.82 Å². The minimum atomic E-state index is -0.238. The largest absolute Gasteiger partial charge is 0.309 e. The maximum absolute atomic E-state index is 11.4. The second kappa shape index (κ2) is 9.43. The molecule has 0 saturated carbocycles. The summed E-state index contributed by atoms with van der Waals surface area (Å²) in [6, 6.07) is 5.39. The van der Waals surface area contributed by atoms with E-state index in [2.05, 4.69) is 15.5 Å². The second-order valence-electron chi connectivity index (χ2n) is 4.67. The number of aromatic amines is 1. The highest BCUT2D eigenvalue weighted by atomic mass is 35.5. The standard InChI is InChI=1S/C11H12ClN3O.C4H7ClO/c1-2-3-10(16)13-11-8-5-4-7(12)6-9(8)14-15-11;1-2-3-4(5)6/h4-6H,2-3H2,1H3,(H2,13,14,15,16);2-3H2,1H3. The van der Waals surface area contributed by atoms with Crippen LogP contribution in [0.5, 0.6) is 0 Å². The minimum Gasteiger partial charge on any atom is -0.309 e. The Hall–Kier alpha value is -1.59. The molecule has 1 heterocycles. The Balaban J connectivity index is 0.000000346. The van der Waals surface area contributed by atoms with E-state index in [4.69, 9.17) is 23.2 Å². The average molecular weight is 344 g/mol. The van der Waals surface area contributed by atoms with Crippen molar-refractivity contribution in [3.05, 3.63) is 23.2 Å². The third-order valence-electron chi connectivity index (χ3n) is 2.71. The van der Waals surface area contributed by atoms with Crippen molar-refractivity contribution in [2.75, 3.05) is 5.32 Å². The molecule has 2 N–H and O–H groups in total. The number of hydrogen-bond donors (Lipinski definition) is 2. The highest BCUT2D eigenvalue weighted by Crippen LogP contribution is 2.23. The number of nitrogens with one attached hydrogen (secondary N) is 2. The maximum Gasteiger partial charge on any atom is 0.225 e. The summed E-state index contributed by atoms with van der Waals surface area (Å²) in [5, 5.41) is 10.9. The van der Waals surface area contributed by atoms with Crippen LogP contribution in [0, 0.1) is 0 Å². The number of fused-ring (bicyclic) bond motifs is 1. The van der Waals surface area contributed by atoms with Crippen molar-refractivity contribution >= 4 is 51.1 Å². The Morgan fingerprint density at radius 2 is 1.91 bits per heavy atom. The van der Waals surface area contributed by atoms with Gasteiger partial charge < -0.3 is 5.32 Å². The summed E-state index contributed by atoms with van der Waals surface area (Å²) in [6.07, 6.45) is 2.67. The van der Waals surface area contributed by atoms with Crippen molar-refractivity contribution in [3.8, 4) is 0 Å². The molecule has 120 valence electrons. The summed E-state index contributed by atoms with van der Waals surface area (Å²) < 4.78 is 0. The summed E-state index contributed by atoms with van der Waals surface area (Å²) in [5.74, 6) is 0.538. The molecule has 0 bridgehead atoms. The molecule has 0 radical (unpaired) electrons. The van der Waals surface area contributed by atoms with Gasteiger partial charge in [0.25, 0.3) is 0 Å². The summed E-state index contributed by atoms with van der Waals surface area (Å²) in [7, 11) is 0. The highest BCUT2D eigenvalue weighted by Gasteiger charge is 2.08. The molecular weight excluding hydrogens is 325 g/mol. The molecule has 22 heavy (non-hydrogen) atoms. The Kier molecular flexibility index (Phi) is 7.91. The molecule has 5 nitrogen and oxygen atoms in total. The van der Waals surface area contributed by atoms with Crippen molar-refractivity contribution in [2.45, 2.75) is 39.5 Å². The SMILES string of the molecule is CCCC(=O)Cl.CCCC(=O)Nc1n[nH]c2cc(Cl)ccc12. The Bertz CT molecular complexity index is 641. The molecule has 0 atom stereocenters. The molecule has 7 heteroatoms. The molecule has 1 aromatic heterocycles. The topological polar surface area (TPSA) is 74.8 Å². The number of amides is 1. The lowest BCUT2D eigenvalue weighted by atomic mass is 10.2. The van der Waals surface area contributed by atoms with Gasteiger partial charge in [0.1, 0.15) is 0 Å². The van der Waals surface area contributed by atoms with Crippen molar-refractivity contribution < 1.29 is 9.59 Å². The number of carbonyl (C=O) groups is 2. The van der Waals surface area contributed by atoms with Gasteiger partial charge >= 0.3 is 0 Å². The average Bonchev–Trinajstić information content (AvgIpc) is 2.81. The molecule has 2 aromatic rings. The molecule has 0 aliphatic heterocycles. The molecule has 0 unspecified atom stereocenters. The molecular formula is C15H19Cl2N3O2. The normalized spacial score (nSPS) is 10.0. The van der Waals surface area contributed by atoms with Crippen LogP contribution >= 0.6 is 23.2 Å². The van der Waals surface area contributed by atoms with Crippen molar-refractivity contribution in [1.82, 2.24) is 10.2 Å². The Morgan fingerprint density at radius 3 is 2.45 bits per heavy atom. The lowest BCUT2D eigenvalue weighted by molar-refractivity contribution is -0.116. The lowest BCUT2D eigenvalue weighted by Crippen LogP contribution is -2.10. The van der Waals surface area contributed by atoms with Gasteiger partial charge in [-0.25, -0.2) is 0 Å². The third kappa shape index (κ3) is 6.03. The van der Waals surface area contributed by atoms with E-state index < -0.39 is 0 Å².